The van der Waals surface area contributed by atoms with Crippen molar-refractivity contribution in [3.05, 3.63) is 0 Å². The van der Waals surface area contributed by atoms with Gasteiger partial charge in [-0.05, 0) is 51.9 Å². The molecule has 1 N–H and O–H groups in total. The van der Waals surface area contributed by atoms with Crippen LogP contribution in [0.5, 0.6) is 0 Å². The van der Waals surface area contributed by atoms with Crippen LogP contribution in [0.1, 0.15) is 40.5 Å². The van der Waals surface area contributed by atoms with Crippen LogP contribution in [-0.2, 0) is 0 Å². The van der Waals surface area contributed by atoms with Crippen LogP contribution in [0.2, 0.25) is 0 Å². The van der Waals surface area contributed by atoms with Crippen molar-refractivity contribution < 1.29 is 0 Å². The van der Waals surface area contributed by atoms with E-state index in [1.807, 2.05) is 0 Å². The summed E-state index contributed by atoms with van der Waals surface area (Å²) in [5.74, 6) is 1.62. The Morgan fingerprint density at radius 3 is 1.63 bits per heavy atom. The van der Waals surface area contributed by atoms with Gasteiger partial charge in [0.25, 0.3) is 0 Å². The maximum atomic E-state index is 3.54. The average Bonchev–Trinajstić information content (AvgIpc) is 2.30. The third-order valence-corrected chi connectivity index (χ3v) is 3.39. The first-order valence-electron chi connectivity index (χ1n) is 7.99. The van der Waals surface area contributed by atoms with E-state index in [-0.39, 0.29) is 0 Å². The first-order chi connectivity index (χ1) is 8.91. The molecule has 0 amide bonds. The van der Waals surface area contributed by atoms with Crippen LogP contribution in [0.25, 0.3) is 0 Å². The van der Waals surface area contributed by atoms with Crippen LogP contribution in [0.15, 0.2) is 0 Å². The van der Waals surface area contributed by atoms with E-state index in [1.54, 1.807) is 0 Å². The van der Waals surface area contributed by atoms with Crippen LogP contribution in [0.3, 0.4) is 0 Å². The van der Waals surface area contributed by atoms with E-state index in [0.717, 1.165) is 31.5 Å². The molecule has 116 valence electrons. The lowest BCUT2D eigenvalue weighted by molar-refractivity contribution is 0.242. The van der Waals surface area contributed by atoms with E-state index >= 15 is 0 Å². The smallest absolute Gasteiger partial charge is 0.0107 e. The molecule has 0 aromatic rings. The molecule has 0 radical (unpaired) electrons. The number of nitrogens with zero attached hydrogens (tertiary/aromatic N) is 2. The Morgan fingerprint density at radius 1 is 0.737 bits per heavy atom. The van der Waals surface area contributed by atoms with Crippen LogP contribution >= 0.6 is 0 Å². The Kier molecular flexibility index (Phi) is 11.6. The largest absolute Gasteiger partial charge is 0.314 e. The second-order valence-corrected chi connectivity index (χ2v) is 6.76. The van der Waals surface area contributed by atoms with Crippen LogP contribution in [0.4, 0.5) is 0 Å². The molecular formula is C16H37N3. The molecule has 0 rings (SSSR count). The van der Waals surface area contributed by atoms with Crippen molar-refractivity contribution in [3.63, 3.8) is 0 Å². The maximum absolute atomic E-state index is 3.54. The zero-order valence-electron chi connectivity index (χ0n) is 14.2. The van der Waals surface area contributed by atoms with Crippen molar-refractivity contribution in [1.82, 2.24) is 15.1 Å². The van der Waals surface area contributed by atoms with Crippen molar-refractivity contribution in [2.45, 2.75) is 40.5 Å². The van der Waals surface area contributed by atoms with Crippen LogP contribution in [0, 0.1) is 11.8 Å². The van der Waals surface area contributed by atoms with Gasteiger partial charge in [-0.15, -0.1) is 0 Å². The molecule has 0 heterocycles. The SMILES string of the molecule is CC(C)CCN(CCNCCN(C)C)CCC(C)C. The van der Waals surface area contributed by atoms with Crippen molar-refractivity contribution >= 4 is 0 Å². The second kappa shape index (κ2) is 11.7. The number of rotatable bonds is 12. The lowest BCUT2D eigenvalue weighted by Crippen LogP contribution is -2.36. The van der Waals surface area contributed by atoms with Gasteiger partial charge in [-0.25, -0.2) is 0 Å². The van der Waals surface area contributed by atoms with E-state index in [1.165, 1.54) is 32.5 Å². The topological polar surface area (TPSA) is 18.5 Å². The van der Waals surface area contributed by atoms with Gasteiger partial charge in [0.2, 0.25) is 0 Å². The van der Waals surface area contributed by atoms with Crippen molar-refractivity contribution in [3.8, 4) is 0 Å². The standard InChI is InChI=1S/C16H37N3/c1-15(2)7-11-19(12-8-16(3)4)14-10-17-9-13-18(5)6/h15-17H,7-14H2,1-6H3. The molecule has 0 aromatic carbocycles. The highest BCUT2D eigenvalue weighted by atomic mass is 15.1. The summed E-state index contributed by atoms with van der Waals surface area (Å²) in [5.41, 5.74) is 0. The minimum atomic E-state index is 0.809. The van der Waals surface area contributed by atoms with Crippen LogP contribution < -0.4 is 5.32 Å². The van der Waals surface area contributed by atoms with Gasteiger partial charge in [0.05, 0.1) is 0 Å². The molecule has 0 aliphatic carbocycles. The lowest BCUT2D eigenvalue weighted by Gasteiger charge is -2.24. The minimum absolute atomic E-state index is 0.809. The summed E-state index contributed by atoms with van der Waals surface area (Å²) >= 11 is 0. The van der Waals surface area contributed by atoms with Gasteiger partial charge in [0, 0.05) is 26.2 Å². The Balaban J connectivity index is 3.77. The molecule has 0 fully saturated rings. The molecule has 0 aliphatic heterocycles. The highest BCUT2D eigenvalue weighted by molar-refractivity contribution is 4.63. The average molecular weight is 271 g/mol. The predicted octanol–water partition coefficient (Wildman–Crippen LogP) is 2.53. The number of nitrogens with one attached hydrogen (secondary N) is 1. The molecule has 0 saturated carbocycles. The molecule has 19 heavy (non-hydrogen) atoms. The number of hydrogen-bond donors (Lipinski definition) is 1. The number of likely N-dealkylation sites (N-methyl/N-ethyl adjacent to an activating group) is 1. The molecule has 0 spiro atoms. The summed E-state index contributed by atoms with van der Waals surface area (Å²) in [6, 6.07) is 0. The van der Waals surface area contributed by atoms with Gasteiger partial charge < -0.3 is 15.1 Å². The first-order valence-corrected chi connectivity index (χ1v) is 7.99. The molecular weight excluding hydrogens is 234 g/mol. The fourth-order valence-corrected chi connectivity index (χ4v) is 1.88. The molecule has 0 aliphatic rings. The Hall–Kier alpha value is -0.120. The van der Waals surface area contributed by atoms with E-state index in [0.29, 0.717) is 0 Å². The van der Waals surface area contributed by atoms with Crippen LogP contribution in [-0.4, -0.2) is 63.2 Å². The molecule has 0 atom stereocenters. The fourth-order valence-electron chi connectivity index (χ4n) is 1.88. The Bertz CT molecular complexity index is 178. The summed E-state index contributed by atoms with van der Waals surface area (Å²) in [4.78, 5) is 4.85. The summed E-state index contributed by atoms with van der Waals surface area (Å²) in [5, 5.41) is 3.54. The van der Waals surface area contributed by atoms with Crippen molar-refractivity contribution in [2.75, 3.05) is 53.4 Å². The lowest BCUT2D eigenvalue weighted by atomic mass is 10.1. The third kappa shape index (κ3) is 14.1. The summed E-state index contributed by atoms with van der Waals surface area (Å²) < 4.78 is 0. The highest BCUT2D eigenvalue weighted by Gasteiger charge is 2.07. The predicted molar refractivity (Wildman–Crippen MR) is 86.8 cm³/mol. The second-order valence-electron chi connectivity index (χ2n) is 6.76. The number of hydrogen-bond acceptors (Lipinski definition) is 3. The van der Waals surface area contributed by atoms with Crippen molar-refractivity contribution in [2.24, 2.45) is 11.8 Å². The summed E-state index contributed by atoms with van der Waals surface area (Å²) in [6.07, 6.45) is 2.63. The van der Waals surface area contributed by atoms with Gasteiger partial charge in [0.1, 0.15) is 0 Å². The zero-order chi connectivity index (χ0) is 14.7. The van der Waals surface area contributed by atoms with Crippen molar-refractivity contribution in [1.29, 1.82) is 0 Å². The van der Waals surface area contributed by atoms with E-state index in [2.05, 4.69) is 56.9 Å². The van der Waals surface area contributed by atoms with Gasteiger partial charge in [0.15, 0.2) is 0 Å². The van der Waals surface area contributed by atoms with E-state index < -0.39 is 0 Å². The van der Waals surface area contributed by atoms with Gasteiger partial charge >= 0.3 is 0 Å². The molecule has 0 saturated heterocycles. The molecule has 0 bridgehead atoms. The Labute approximate surface area is 121 Å². The third-order valence-electron chi connectivity index (χ3n) is 3.39. The monoisotopic (exact) mass is 271 g/mol. The zero-order valence-corrected chi connectivity index (χ0v) is 14.2. The van der Waals surface area contributed by atoms with E-state index in [9.17, 15) is 0 Å². The van der Waals surface area contributed by atoms with Gasteiger partial charge in [-0.3, -0.25) is 0 Å². The molecule has 3 nitrogen and oxygen atoms in total. The maximum Gasteiger partial charge on any atom is 0.0107 e. The van der Waals surface area contributed by atoms with Gasteiger partial charge in [-0.1, -0.05) is 27.7 Å². The molecule has 0 aromatic heterocycles. The summed E-state index contributed by atoms with van der Waals surface area (Å²) in [7, 11) is 4.25. The fraction of sp³-hybridized carbons (Fsp3) is 1.00. The van der Waals surface area contributed by atoms with E-state index in [4.69, 9.17) is 0 Å². The minimum Gasteiger partial charge on any atom is -0.314 e. The van der Waals surface area contributed by atoms with Gasteiger partial charge in [-0.2, -0.15) is 0 Å². The normalized spacial score (nSPS) is 12.3. The molecule has 0 unspecified atom stereocenters. The quantitative estimate of drug-likeness (QED) is 0.550. The first kappa shape index (κ1) is 18.9. The Morgan fingerprint density at radius 2 is 1.21 bits per heavy atom. The highest BCUT2D eigenvalue weighted by Crippen LogP contribution is 2.05. The summed E-state index contributed by atoms with van der Waals surface area (Å²) in [6.45, 7) is 16.3. The molecule has 3 heteroatoms.